The van der Waals surface area contributed by atoms with Crippen molar-refractivity contribution < 1.29 is 4.74 Å². The quantitative estimate of drug-likeness (QED) is 0.800. The van der Waals surface area contributed by atoms with E-state index in [0.717, 1.165) is 37.6 Å². The van der Waals surface area contributed by atoms with Crippen molar-refractivity contribution in [3.8, 4) is 5.88 Å². The minimum absolute atomic E-state index is 0.631. The molecule has 17 heavy (non-hydrogen) atoms. The van der Waals surface area contributed by atoms with E-state index in [1.807, 2.05) is 16.6 Å². The molecule has 0 amide bonds. The van der Waals surface area contributed by atoms with Gasteiger partial charge in [0.25, 0.3) is 0 Å². The van der Waals surface area contributed by atoms with E-state index in [-0.39, 0.29) is 0 Å². The van der Waals surface area contributed by atoms with Gasteiger partial charge in [-0.1, -0.05) is 0 Å². The van der Waals surface area contributed by atoms with Crippen LogP contribution in [0.5, 0.6) is 5.88 Å². The number of fused-ring (bicyclic) bond motifs is 1. The molecular formula is C11H15N5O. The molecule has 1 N–H and O–H groups in total. The van der Waals surface area contributed by atoms with Crippen LogP contribution in [0.15, 0.2) is 18.3 Å². The summed E-state index contributed by atoms with van der Waals surface area (Å²) in [7, 11) is 1.64. The van der Waals surface area contributed by atoms with Gasteiger partial charge in [0.15, 0.2) is 5.65 Å². The lowest BCUT2D eigenvalue weighted by Crippen LogP contribution is -2.44. The summed E-state index contributed by atoms with van der Waals surface area (Å²) in [6.45, 7) is 3.94. The number of aromatic nitrogens is 3. The van der Waals surface area contributed by atoms with Crippen LogP contribution in [0.25, 0.3) is 5.65 Å². The second-order valence-electron chi connectivity index (χ2n) is 3.99. The summed E-state index contributed by atoms with van der Waals surface area (Å²) in [6.07, 6.45) is 1.76. The van der Waals surface area contributed by atoms with Crippen LogP contribution in [0, 0.1) is 0 Å². The van der Waals surface area contributed by atoms with Crippen LogP contribution < -0.4 is 15.0 Å². The first kappa shape index (κ1) is 10.3. The number of methoxy groups -OCH3 is 1. The van der Waals surface area contributed by atoms with Crippen LogP contribution in [0.4, 0.5) is 5.82 Å². The number of hydrogen-bond acceptors (Lipinski definition) is 5. The Labute approximate surface area is 99.2 Å². The summed E-state index contributed by atoms with van der Waals surface area (Å²) in [5.74, 6) is 1.67. The van der Waals surface area contributed by atoms with E-state index < -0.39 is 0 Å². The molecule has 2 aromatic heterocycles. The normalized spacial score (nSPS) is 16.4. The molecule has 0 aliphatic carbocycles. The topological polar surface area (TPSA) is 54.7 Å². The molecule has 1 saturated heterocycles. The third-order valence-corrected chi connectivity index (χ3v) is 2.97. The number of piperazine rings is 1. The Balaban J connectivity index is 2.08. The molecule has 90 valence electrons. The molecule has 0 aromatic carbocycles. The van der Waals surface area contributed by atoms with Crippen LogP contribution in [0.3, 0.4) is 0 Å². The van der Waals surface area contributed by atoms with Gasteiger partial charge in [-0.3, -0.25) is 0 Å². The largest absolute Gasteiger partial charge is 0.481 e. The van der Waals surface area contributed by atoms with E-state index in [2.05, 4.69) is 20.3 Å². The van der Waals surface area contributed by atoms with Crippen molar-refractivity contribution in [3.63, 3.8) is 0 Å². The zero-order valence-electron chi connectivity index (χ0n) is 9.76. The predicted octanol–water partition coefficient (Wildman–Crippen LogP) is 0.147. The molecule has 1 aliphatic heterocycles. The predicted molar refractivity (Wildman–Crippen MR) is 64.6 cm³/mol. The summed E-state index contributed by atoms with van der Waals surface area (Å²) in [5, 5.41) is 7.64. The molecule has 0 spiro atoms. The summed E-state index contributed by atoms with van der Waals surface area (Å²) in [5.41, 5.74) is 0.817. The molecule has 0 unspecified atom stereocenters. The molecule has 1 fully saturated rings. The van der Waals surface area contributed by atoms with Gasteiger partial charge >= 0.3 is 0 Å². The fourth-order valence-corrected chi connectivity index (χ4v) is 2.10. The monoisotopic (exact) mass is 233 g/mol. The van der Waals surface area contributed by atoms with Crippen molar-refractivity contribution in [1.82, 2.24) is 19.9 Å². The maximum absolute atomic E-state index is 5.23. The van der Waals surface area contributed by atoms with Gasteiger partial charge in [-0.25, -0.2) is 0 Å². The van der Waals surface area contributed by atoms with Gasteiger partial charge in [0.1, 0.15) is 5.82 Å². The van der Waals surface area contributed by atoms with Gasteiger partial charge < -0.3 is 15.0 Å². The number of hydrogen-bond donors (Lipinski definition) is 1. The van der Waals surface area contributed by atoms with E-state index in [0.29, 0.717) is 5.88 Å². The minimum Gasteiger partial charge on any atom is -0.481 e. The number of nitrogens with one attached hydrogen (secondary N) is 1. The number of rotatable bonds is 2. The van der Waals surface area contributed by atoms with Crippen LogP contribution >= 0.6 is 0 Å². The molecule has 0 radical (unpaired) electrons. The maximum Gasteiger partial charge on any atom is 0.218 e. The fraction of sp³-hybridized carbons (Fsp3) is 0.455. The Hall–Kier alpha value is -1.82. The van der Waals surface area contributed by atoms with E-state index in [9.17, 15) is 0 Å². The van der Waals surface area contributed by atoms with E-state index in [1.165, 1.54) is 0 Å². The summed E-state index contributed by atoms with van der Waals surface area (Å²) in [4.78, 5) is 6.64. The number of ether oxygens (including phenoxy) is 1. The third kappa shape index (κ3) is 1.80. The van der Waals surface area contributed by atoms with Crippen LogP contribution in [0.2, 0.25) is 0 Å². The Kier molecular flexibility index (Phi) is 2.56. The van der Waals surface area contributed by atoms with Crippen molar-refractivity contribution in [1.29, 1.82) is 0 Å². The molecule has 1 aliphatic rings. The van der Waals surface area contributed by atoms with E-state index in [4.69, 9.17) is 4.74 Å². The van der Waals surface area contributed by atoms with Gasteiger partial charge in [0, 0.05) is 38.3 Å². The second-order valence-corrected chi connectivity index (χ2v) is 3.99. The Morgan fingerprint density at radius 3 is 2.94 bits per heavy atom. The summed E-state index contributed by atoms with van der Waals surface area (Å²) < 4.78 is 7.08. The Bertz CT molecular complexity index is 518. The molecule has 6 heteroatoms. The van der Waals surface area contributed by atoms with Crippen molar-refractivity contribution in [2.45, 2.75) is 0 Å². The zero-order valence-corrected chi connectivity index (χ0v) is 9.76. The SMILES string of the molecule is COc1cc(N2CCNCC2)n2nccc2n1. The van der Waals surface area contributed by atoms with Crippen molar-refractivity contribution in [2.75, 3.05) is 38.2 Å². The average Bonchev–Trinajstić information content (AvgIpc) is 2.86. The lowest BCUT2D eigenvalue weighted by Gasteiger charge is -2.29. The molecule has 3 heterocycles. The molecule has 6 nitrogen and oxygen atoms in total. The maximum atomic E-state index is 5.23. The minimum atomic E-state index is 0.631. The molecule has 3 rings (SSSR count). The van der Waals surface area contributed by atoms with Crippen LogP contribution in [0.1, 0.15) is 0 Å². The van der Waals surface area contributed by atoms with Gasteiger partial charge in [-0.05, 0) is 0 Å². The van der Waals surface area contributed by atoms with E-state index >= 15 is 0 Å². The third-order valence-electron chi connectivity index (χ3n) is 2.97. The fourth-order valence-electron chi connectivity index (χ4n) is 2.10. The van der Waals surface area contributed by atoms with Crippen LogP contribution in [-0.2, 0) is 0 Å². The highest BCUT2D eigenvalue weighted by Gasteiger charge is 2.15. The summed E-state index contributed by atoms with van der Waals surface area (Å²) in [6, 6.07) is 3.82. The number of nitrogens with zero attached hydrogens (tertiary/aromatic N) is 4. The van der Waals surface area contributed by atoms with Crippen molar-refractivity contribution in [3.05, 3.63) is 18.3 Å². The van der Waals surface area contributed by atoms with Crippen LogP contribution in [-0.4, -0.2) is 47.9 Å². The lowest BCUT2D eigenvalue weighted by atomic mass is 10.3. The van der Waals surface area contributed by atoms with Gasteiger partial charge in [0.05, 0.1) is 13.3 Å². The van der Waals surface area contributed by atoms with Gasteiger partial charge in [-0.15, -0.1) is 0 Å². The lowest BCUT2D eigenvalue weighted by molar-refractivity contribution is 0.397. The molecule has 0 saturated carbocycles. The Morgan fingerprint density at radius 1 is 1.35 bits per heavy atom. The van der Waals surface area contributed by atoms with Crippen molar-refractivity contribution in [2.24, 2.45) is 0 Å². The molecule has 0 atom stereocenters. The van der Waals surface area contributed by atoms with Crippen molar-refractivity contribution >= 4 is 11.5 Å². The molecule has 2 aromatic rings. The second kappa shape index (κ2) is 4.21. The smallest absolute Gasteiger partial charge is 0.218 e. The highest BCUT2D eigenvalue weighted by molar-refractivity contribution is 5.52. The average molecular weight is 233 g/mol. The molecular weight excluding hydrogens is 218 g/mol. The highest BCUT2D eigenvalue weighted by Crippen LogP contribution is 2.21. The summed E-state index contributed by atoms with van der Waals surface area (Å²) >= 11 is 0. The molecule has 0 bridgehead atoms. The first-order valence-electron chi connectivity index (χ1n) is 5.73. The Morgan fingerprint density at radius 2 is 2.18 bits per heavy atom. The zero-order chi connectivity index (χ0) is 11.7. The number of anilines is 1. The van der Waals surface area contributed by atoms with Gasteiger partial charge in [0.2, 0.25) is 5.88 Å². The van der Waals surface area contributed by atoms with Gasteiger partial charge in [-0.2, -0.15) is 14.6 Å². The van der Waals surface area contributed by atoms with E-state index in [1.54, 1.807) is 13.3 Å². The standard InChI is InChI=1S/C11H15N5O/c1-17-10-8-11(15-6-4-12-5-7-15)16-9(14-10)2-3-13-16/h2-3,8,12H,4-7H2,1H3. The first-order chi connectivity index (χ1) is 8.38. The first-order valence-corrected chi connectivity index (χ1v) is 5.73. The highest BCUT2D eigenvalue weighted by atomic mass is 16.5.